The fraction of sp³-hybridized carbons (Fsp3) is 0.333. The Bertz CT molecular complexity index is 461. The van der Waals surface area contributed by atoms with Gasteiger partial charge in [-0.25, -0.2) is 0 Å². The van der Waals surface area contributed by atoms with Crippen LogP contribution in [0.25, 0.3) is 0 Å². The van der Waals surface area contributed by atoms with Crippen LogP contribution in [0.5, 0.6) is 0 Å². The third-order valence-electron chi connectivity index (χ3n) is 2.73. The average molecular weight is 212 g/mol. The maximum absolute atomic E-state index is 8.94. The van der Waals surface area contributed by atoms with E-state index in [-0.39, 0.29) is 0 Å². The van der Waals surface area contributed by atoms with E-state index in [1.165, 1.54) is 0 Å². The molecule has 1 aromatic carbocycles. The highest BCUT2D eigenvalue weighted by molar-refractivity contribution is 5.57. The molecule has 0 aliphatic carbocycles. The molecule has 1 saturated heterocycles. The van der Waals surface area contributed by atoms with E-state index < -0.39 is 0 Å². The minimum Gasteiger partial charge on any atom is -0.369 e. The molecule has 1 N–H and O–H groups in total. The SMILES string of the molecule is N#Cc1ccc(N2CCNCC2)cc1C#N. The zero-order valence-electron chi connectivity index (χ0n) is 8.90. The van der Waals surface area contributed by atoms with Gasteiger partial charge < -0.3 is 10.2 Å². The van der Waals surface area contributed by atoms with Gasteiger partial charge in [0.05, 0.1) is 11.1 Å². The lowest BCUT2D eigenvalue weighted by Crippen LogP contribution is -2.43. The van der Waals surface area contributed by atoms with Crippen molar-refractivity contribution in [3.63, 3.8) is 0 Å². The summed E-state index contributed by atoms with van der Waals surface area (Å²) in [6.07, 6.45) is 0. The standard InChI is InChI=1S/C12H12N4/c13-8-10-1-2-12(7-11(10)9-14)16-5-3-15-4-6-16/h1-2,7,15H,3-6H2. The molecule has 0 aromatic heterocycles. The predicted molar refractivity (Wildman–Crippen MR) is 61.0 cm³/mol. The monoisotopic (exact) mass is 212 g/mol. The molecule has 1 fully saturated rings. The van der Waals surface area contributed by atoms with E-state index in [0.29, 0.717) is 11.1 Å². The van der Waals surface area contributed by atoms with Gasteiger partial charge in [-0.1, -0.05) is 0 Å². The Balaban J connectivity index is 2.29. The molecule has 4 nitrogen and oxygen atoms in total. The van der Waals surface area contributed by atoms with Crippen LogP contribution in [-0.2, 0) is 0 Å². The molecule has 1 aliphatic heterocycles. The maximum Gasteiger partial charge on any atom is 0.101 e. The quantitative estimate of drug-likeness (QED) is 0.749. The number of piperazine rings is 1. The molecule has 0 atom stereocenters. The van der Waals surface area contributed by atoms with Crippen molar-refractivity contribution in [2.75, 3.05) is 31.1 Å². The highest BCUT2D eigenvalue weighted by Gasteiger charge is 2.12. The molecule has 0 bridgehead atoms. The number of nitrogens with one attached hydrogen (secondary N) is 1. The molecule has 1 aromatic rings. The summed E-state index contributed by atoms with van der Waals surface area (Å²) < 4.78 is 0. The van der Waals surface area contributed by atoms with Gasteiger partial charge >= 0.3 is 0 Å². The predicted octanol–water partition coefficient (Wildman–Crippen LogP) is 0.840. The number of anilines is 1. The third-order valence-corrected chi connectivity index (χ3v) is 2.73. The van der Waals surface area contributed by atoms with Gasteiger partial charge in [-0.3, -0.25) is 0 Å². The van der Waals surface area contributed by atoms with Gasteiger partial charge in [0.1, 0.15) is 12.1 Å². The molecule has 0 amide bonds. The van der Waals surface area contributed by atoms with Crippen LogP contribution in [0.1, 0.15) is 11.1 Å². The third kappa shape index (κ3) is 1.98. The van der Waals surface area contributed by atoms with Crippen LogP contribution >= 0.6 is 0 Å². The fourth-order valence-corrected chi connectivity index (χ4v) is 1.84. The lowest BCUT2D eigenvalue weighted by Gasteiger charge is -2.29. The van der Waals surface area contributed by atoms with Crippen molar-refractivity contribution in [3.8, 4) is 12.1 Å². The van der Waals surface area contributed by atoms with Gasteiger partial charge in [0, 0.05) is 31.9 Å². The normalized spacial score (nSPS) is 15.2. The van der Waals surface area contributed by atoms with Crippen molar-refractivity contribution in [3.05, 3.63) is 29.3 Å². The molecular weight excluding hydrogens is 200 g/mol. The largest absolute Gasteiger partial charge is 0.369 e. The lowest BCUT2D eigenvalue weighted by molar-refractivity contribution is 0.589. The number of rotatable bonds is 1. The summed E-state index contributed by atoms with van der Waals surface area (Å²) in [5.74, 6) is 0. The molecule has 2 rings (SSSR count). The van der Waals surface area contributed by atoms with E-state index in [4.69, 9.17) is 10.5 Å². The van der Waals surface area contributed by atoms with E-state index >= 15 is 0 Å². The Kier molecular flexibility index (Phi) is 3.05. The zero-order chi connectivity index (χ0) is 11.4. The first kappa shape index (κ1) is 10.5. The minimum absolute atomic E-state index is 0.446. The summed E-state index contributed by atoms with van der Waals surface area (Å²) in [7, 11) is 0. The van der Waals surface area contributed by atoms with Crippen LogP contribution in [0.2, 0.25) is 0 Å². The van der Waals surface area contributed by atoms with E-state index in [1.54, 1.807) is 12.1 Å². The second-order valence-electron chi connectivity index (χ2n) is 3.69. The number of benzene rings is 1. The van der Waals surface area contributed by atoms with Crippen molar-refractivity contribution < 1.29 is 0 Å². The molecule has 0 saturated carbocycles. The molecule has 4 heteroatoms. The van der Waals surface area contributed by atoms with E-state index in [2.05, 4.69) is 16.3 Å². The van der Waals surface area contributed by atoms with Crippen molar-refractivity contribution in [2.24, 2.45) is 0 Å². The summed E-state index contributed by atoms with van der Waals surface area (Å²) >= 11 is 0. The van der Waals surface area contributed by atoms with Crippen molar-refractivity contribution in [1.29, 1.82) is 10.5 Å². The maximum atomic E-state index is 8.94. The van der Waals surface area contributed by atoms with Gasteiger partial charge in [0.2, 0.25) is 0 Å². The average Bonchev–Trinajstić information content (AvgIpc) is 2.39. The molecule has 0 radical (unpaired) electrons. The van der Waals surface area contributed by atoms with E-state index in [1.807, 2.05) is 12.1 Å². The first-order chi connectivity index (χ1) is 7.85. The minimum atomic E-state index is 0.446. The number of nitriles is 2. The molecule has 0 unspecified atom stereocenters. The van der Waals surface area contributed by atoms with Gasteiger partial charge in [-0.15, -0.1) is 0 Å². The second kappa shape index (κ2) is 4.65. The fourth-order valence-electron chi connectivity index (χ4n) is 1.84. The van der Waals surface area contributed by atoms with Gasteiger partial charge in [0.15, 0.2) is 0 Å². The highest BCUT2D eigenvalue weighted by atomic mass is 15.2. The van der Waals surface area contributed by atoms with Crippen LogP contribution in [0.4, 0.5) is 5.69 Å². The molecule has 1 aliphatic rings. The van der Waals surface area contributed by atoms with Crippen LogP contribution in [-0.4, -0.2) is 26.2 Å². The van der Waals surface area contributed by atoms with Crippen LogP contribution in [0.15, 0.2) is 18.2 Å². The lowest BCUT2D eigenvalue weighted by atomic mass is 10.1. The van der Waals surface area contributed by atoms with Gasteiger partial charge in [0.25, 0.3) is 0 Å². The Labute approximate surface area is 94.7 Å². The highest BCUT2D eigenvalue weighted by Crippen LogP contribution is 2.19. The number of nitrogens with zero attached hydrogens (tertiary/aromatic N) is 3. The molecule has 16 heavy (non-hydrogen) atoms. The molecule has 1 heterocycles. The van der Waals surface area contributed by atoms with E-state index in [9.17, 15) is 0 Å². The van der Waals surface area contributed by atoms with Gasteiger partial charge in [-0.05, 0) is 18.2 Å². The Hall–Kier alpha value is -2.04. The Morgan fingerprint density at radius 3 is 2.38 bits per heavy atom. The topological polar surface area (TPSA) is 62.9 Å². The van der Waals surface area contributed by atoms with Gasteiger partial charge in [-0.2, -0.15) is 10.5 Å². The van der Waals surface area contributed by atoms with E-state index in [0.717, 1.165) is 31.9 Å². The summed E-state index contributed by atoms with van der Waals surface area (Å²) in [6, 6.07) is 9.51. The summed E-state index contributed by atoms with van der Waals surface area (Å²) in [6.45, 7) is 3.80. The number of hydrogen-bond donors (Lipinski definition) is 1. The Morgan fingerprint density at radius 2 is 1.75 bits per heavy atom. The first-order valence-electron chi connectivity index (χ1n) is 5.25. The van der Waals surface area contributed by atoms with Crippen molar-refractivity contribution in [1.82, 2.24) is 5.32 Å². The number of hydrogen-bond acceptors (Lipinski definition) is 4. The molecular formula is C12H12N4. The van der Waals surface area contributed by atoms with Crippen molar-refractivity contribution in [2.45, 2.75) is 0 Å². The molecule has 0 spiro atoms. The smallest absolute Gasteiger partial charge is 0.101 e. The van der Waals surface area contributed by atoms with Crippen LogP contribution < -0.4 is 10.2 Å². The summed E-state index contributed by atoms with van der Waals surface area (Å²) in [4.78, 5) is 2.22. The Morgan fingerprint density at radius 1 is 1.06 bits per heavy atom. The summed E-state index contributed by atoms with van der Waals surface area (Å²) in [5.41, 5.74) is 1.93. The zero-order valence-corrected chi connectivity index (χ0v) is 8.90. The van der Waals surface area contributed by atoms with Crippen LogP contribution in [0.3, 0.4) is 0 Å². The second-order valence-corrected chi connectivity index (χ2v) is 3.69. The van der Waals surface area contributed by atoms with Crippen molar-refractivity contribution >= 4 is 5.69 Å². The first-order valence-corrected chi connectivity index (χ1v) is 5.25. The molecule has 80 valence electrons. The van der Waals surface area contributed by atoms with Crippen LogP contribution in [0, 0.1) is 22.7 Å². The summed E-state index contributed by atoms with van der Waals surface area (Å²) in [5, 5.41) is 21.0.